The van der Waals surface area contributed by atoms with Gasteiger partial charge >= 0.3 is 0 Å². The SMILES string of the molecule is CC(C)(C)c1nc(C(O)Cc2ccc(Br)cc2)cs1. The Morgan fingerprint density at radius 2 is 1.89 bits per heavy atom. The maximum Gasteiger partial charge on any atom is 0.101 e. The first kappa shape index (κ1) is 14.7. The molecule has 1 atom stereocenters. The van der Waals surface area contributed by atoms with Gasteiger partial charge < -0.3 is 5.11 Å². The van der Waals surface area contributed by atoms with E-state index < -0.39 is 6.10 Å². The van der Waals surface area contributed by atoms with Crippen molar-refractivity contribution in [3.63, 3.8) is 0 Å². The zero-order chi connectivity index (χ0) is 14.0. The molecule has 0 bridgehead atoms. The van der Waals surface area contributed by atoms with Gasteiger partial charge in [-0.3, -0.25) is 0 Å². The molecule has 0 aliphatic rings. The molecule has 19 heavy (non-hydrogen) atoms. The number of nitrogens with zero attached hydrogens (tertiary/aromatic N) is 1. The topological polar surface area (TPSA) is 33.1 Å². The van der Waals surface area contributed by atoms with Crippen LogP contribution in [0.2, 0.25) is 0 Å². The van der Waals surface area contributed by atoms with Crippen LogP contribution in [0.3, 0.4) is 0 Å². The largest absolute Gasteiger partial charge is 0.386 e. The lowest BCUT2D eigenvalue weighted by atomic mass is 9.98. The Morgan fingerprint density at radius 1 is 1.26 bits per heavy atom. The third-order valence-electron chi connectivity index (χ3n) is 2.85. The second kappa shape index (κ2) is 5.73. The molecule has 1 unspecified atom stereocenters. The van der Waals surface area contributed by atoms with Crippen molar-refractivity contribution in [1.82, 2.24) is 4.98 Å². The quantitative estimate of drug-likeness (QED) is 0.894. The molecule has 0 amide bonds. The van der Waals surface area contributed by atoms with Crippen LogP contribution in [0.15, 0.2) is 34.1 Å². The monoisotopic (exact) mass is 339 g/mol. The van der Waals surface area contributed by atoms with E-state index in [4.69, 9.17) is 0 Å². The van der Waals surface area contributed by atoms with Crippen molar-refractivity contribution < 1.29 is 5.11 Å². The van der Waals surface area contributed by atoms with Crippen molar-refractivity contribution in [1.29, 1.82) is 0 Å². The second-order valence-electron chi connectivity index (χ2n) is 5.67. The van der Waals surface area contributed by atoms with E-state index >= 15 is 0 Å². The smallest absolute Gasteiger partial charge is 0.101 e. The van der Waals surface area contributed by atoms with Crippen LogP contribution in [0, 0.1) is 0 Å². The van der Waals surface area contributed by atoms with Crippen molar-refractivity contribution in [3.8, 4) is 0 Å². The fourth-order valence-corrected chi connectivity index (χ4v) is 2.95. The van der Waals surface area contributed by atoms with Gasteiger partial charge in [0.1, 0.15) is 6.10 Å². The lowest BCUT2D eigenvalue weighted by molar-refractivity contribution is 0.174. The van der Waals surface area contributed by atoms with Gasteiger partial charge in [0.05, 0.1) is 10.7 Å². The molecule has 0 saturated heterocycles. The van der Waals surface area contributed by atoms with Gasteiger partial charge in [-0.2, -0.15) is 0 Å². The van der Waals surface area contributed by atoms with Gasteiger partial charge in [0.15, 0.2) is 0 Å². The first-order valence-corrected chi connectivity index (χ1v) is 7.92. The van der Waals surface area contributed by atoms with E-state index in [1.807, 2.05) is 29.6 Å². The van der Waals surface area contributed by atoms with E-state index in [9.17, 15) is 5.11 Å². The summed E-state index contributed by atoms with van der Waals surface area (Å²) in [6.07, 6.45) is 0.0640. The van der Waals surface area contributed by atoms with E-state index in [0.29, 0.717) is 6.42 Å². The molecular weight excluding hydrogens is 322 g/mol. The molecule has 1 N–H and O–H groups in total. The number of rotatable bonds is 3. The predicted molar refractivity (Wildman–Crippen MR) is 83.6 cm³/mol. The molecule has 4 heteroatoms. The highest BCUT2D eigenvalue weighted by molar-refractivity contribution is 9.10. The van der Waals surface area contributed by atoms with Crippen LogP contribution < -0.4 is 0 Å². The molecule has 1 aromatic heterocycles. The standard InChI is InChI=1S/C15H18BrNOS/c1-15(2,3)14-17-12(9-19-14)13(18)8-10-4-6-11(16)7-5-10/h4-7,9,13,18H,8H2,1-3H3. The molecule has 2 aromatic rings. The van der Waals surface area contributed by atoms with Crippen LogP contribution in [0.4, 0.5) is 0 Å². The van der Waals surface area contributed by atoms with Crippen LogP contribution in [-0.4, -0.2) is 10.1 Å². The lowest BCUT2D eigenvalue weighted by Crippen LogP contribution is -2.11. The zero-order valence-corrected chi connectivity index (χ0v) is 13.8. The third-order valence-corrected chi connectivity index (χ3v) is 4.66. The number of thiazole rings is 1. The average Bonchev–Trinajstić information content (AvgIpc) is 2.81. The van der Waals surface area contributed by atoms with Gasteiger partial charge in [-0.05, 0) is 17.7 Å². The highest BCUT2D eigenvalue weighted by Crippen LogP contribution is 2.28. The van der Waals surface area contributed by atoms with Crippen LogP contribution in [0.1, 0.15) is 43.1 Å². The summed E-state index contributed by atoms with van der Waals surface area (Å²) in [7, 11) is 0. The Kier molecular flexibility index (Phi) is 4.43. The summed E-state index contributed by atoms with van der Waals surface area (Å²) in [4.78, 5) is 4.55. The molecule has 0 aliphatic heterocycles. The number of hydrogen-bond acceptors (Lipinski definition) is 3. The number of hydrogen-bond donors (Lipinski definition) is 1. The summed E-state index contributed by atoms with van der Waals surface area (Å²) < 4.78 is 1.05. The summed E-state index contributed by atoms with van der Waals surface area (Å²) in [5.41, 5.74) is 1.93. The zero-order valence-electron chi connectivity index (χ0n) is 11.4. The predicted octanol–water partition coefficient (Wildman–Crippen LogP) is 4.48. The van der Waals surface area contributed by atoms with Gasteiger partial charge in [0, 0.05) is 21.7 Å². The highest BCUT2D eigenvalue weighted by Gasteiger charge is 2.20. The van der Waals surface area contributed by atoms with E-state index in [2.05, 4.69) is 41.7 Å². The van der Waals surface area contributed by atoms with Gasteiger partial charge in [-0.25, -0.2) is 4.98 Å². The van der Waals surface area contributed by atoms with Crippen LogP contribution in [-0.2, 0) is 11.8 Å². The summed E-state index contributed by atoms with van der Waals surface area (Å²) in [5.74, 6) is 0. The number of benzene rings is 1. The van der Waals surface area contributed by atoms with E-state index in [1.165, 1.54) is 0 Å². The minimum Gasteiger partial charge on any atom is -0.386 e. The molecule has 0 spiro atoms. The lowest BCUT2D eigenvalue weighted by Gasteiger charge is -2.14. The fraction of sp³-hybridized carbons (Fsp3) is 0.400. The summed E-state index contributed by atoms with van der Waals surface area (Å²) >= 11 is 5.03. The Hall–Kier alpha value is -0.710. The Labute approximate surface area is 126 Å². The molecule has 2 rings (SSSR count). The molecule has 0 aliphatic carbocycles. The summed E-state index contributed by atoms with van der Waals surface area (Å²) in [6, 6.07) is 8.02. The highest BCUT2D eigenvalue weighted by atomic mass is 79.9. The number of halogens is 1. The molecule has 1 heterocycles. The van der Waals surface area contributed by atoms with Crippen LogP contribution in [0.25, 0.3) is 0 Å². The van der Waals surface area contributed by atoms with Crippen molar-refractivity contribution in [2.45, 2.75) is 38.7 Å². The van der Waals surface area contributed by atoms with Gasteiger partial charge in [0.2, 0.25) is 0 Å². The number of aromatic nitrogens is 1. The Balaban J connectivity index is 2.09. The number of aliphatic hydroxyl groups excluding tert-OH is 1. The average molecular weight is 340 g/mol. The molecular formula is C15H18BrNOS. The normalized spacial score (nSPS) is 13.5. The molecule has 0 radical (unpaired) electrons. The van der Waals surface area contributed by atoms with Gasteiger partial charge in [0.25, 0.3) is 0 Å². The Morgan fingerprint density at radius 3 is 2.42 bits per heavy atom. The van der Waals surface area contributed by atoms with Crippen molar-refractivity contribution in [2.24, 2.45) is 0 Å². The van der Waals surface area contributed by atoms with E-state index in [-0.39, 0.29) is 5.41 Å². The van der Waals surface area contributed by atoms with Crippen LogP contribution >= 0.6 is 27.3 Å². The first-order chi connectivity index (χ1) is 8.86. The fourth-order valence-electron chi connectivity index (χ4n) is 1.73. The van der Waals surface area contributed by atoms with Gasteiger partial charge in [-0.15, -0.1) is 11.3 Å². The molecule has 2 nitrogen and oxygen atoms in total. The van der Waals surface area contributed by atoms with Gasteiger partial charge in [-0.1, -0.05) is 48.8 Å². The van der Waals surface area contributed by atoms with Crippen molar-refractivity contribution in [3.05, 3.63) is 50.4 Å². The molecule has 0 saturated carbocycles. The molecule has 0 fully saturated rings. The Bertz CT molecular complexity index is 542. The first-order valence-electron chi connectivity index (χ1n) is 6.24. The van der Waals surface area contributed by atoms with E-state index in [0.717, 1.165) is 20.7 Å². The molecule has 1 aromatic carbocycles. The maximum absolute atomic E-state index is 10.3. The number of aliphatic hydroxyl groups is 1. The van der Waals surface area contributed by atoms with Crippen molar-refractivity contribution in [2.75, 3.05) is 0 Å². The third kappa shape index (κ3) is 3.88. The van der Waals surface area contributed by atoms with Crippen LogP contribution in [0.5, 0.6) is 0 Å². The van der Waals surface area contributed by atoms with E-state index in [1.54, 1.807) is 11.3 Å². The summed E-state index contributed by atoms with van der Waals surface area (Å²) in [5, 5.41) is 13.3. The van der Waals surface area contributed by atoms with Crippen molar-refractivity contribution >= 4 is 27.3 Å². The second-order valence-corrected chi connectivity index (χ2v) is 7.45. The minimum atomic E-state index is -0.534. The minimum absolute atomic E-state index is 0.0419. The maximum atomic E-state index is 10.3. The molecule has 102 valence electrons. The summed E-state index contributed by atoms with van der Waals surface area (Å²) in [6.45, 7) is 6.41.